The van der Waals surface area contributed by atoms with Gasteiger partial charge in [-0.2, -0.15) is 0 Å². The molecule has 9 heteroatoms. The lowest BCUT2D eigenvalue weighted by Crippen LogP contribution is -2.14. The molecular weight excluding hydrogens is 438 g/mol. The second-order valence-electron chi connectivity index (χ2n) is 8.03. The molecule has 1 aliphatic rings. The minimum absolute atomic E-state index is 0.183. The summed E-state index contributed by atoms with van der Waals surface area (Å²) in [5.74, 6) is 0.376. The number of carbonyl (C=O) groups excluding carboxylic acids is 1. The van der Waals surface area contributed by atoms with E-state index < -0.39 is 15.7 Å². The first-order valence-electron chi connectivity index (χ1n) is 10.5. The molecule has 1 saturated carbocycles. The van der Waals surface area contributed by atoms with Crippen molar-refractivity contribution in [1.29, 1.82) is 0 Å². The number of anilines is 1. The van der Waals surface area contributed by atoms with Crippen molar-refractivity contribution in [2.45, 2.75) is 23.8 Å². The summed E-state index contributed by atoms with van der Waals surface area (Å²) in [4.78, 5) is 17.3. The number of pyridine rings is 1. The summed E-state index contributed by atoms with van der Waals surface area (Å²) in [6.45, 7) is 0. The van der Waals surface area contributed by atoms with Gasteiger partial charge in [0.25, 0.3) is 5.91 Å². The van der Waals surface area contributed by atoms with Crippen molar-refractivity contribution in [1.82, 2.24) is 19.7 Å². The number of hydrogen-bond donors (Lipinski definition) is 1. The van der Waals surface area contributed by atoms with Gasteiger partial charge in [0.15, 0.2) is 15.7 Å². The molecule has 0 spiro atoms. The molecule has 2 heterocycles. The Bertz CT molecular complexity index is 1460. The second kappa shape index (κ2) is 8.25. The largest absolute Gasteiger partial charge is 0.321 e. The first-order valence-corrected chi connectivity index (χ1v) is 12.4. The van der Waals surface area contributed by atoms with Crippen LogP contribution in [-0.4, -0.2) is 40.3 Å². The minimum Gasteiger partial charge on any atom is -0.321 e. The van der Waals surface area contributed by atoms with Crippen LogP contribution >= 0.6 is 0 Å². The van der Waals surface area contributed by atoms with E-state index in [0.29, 0.717) is 22.9 Å². The number of rotatable bonds is 6. The lowest BCUT2D eigenvalue weighted by atomic mass is 10.1. The lowest BCUT2D eigenvalue weighted by molar-refractivity contribution is 0.102. The first kappa shape index (κ1) is 21.0. The number of benzene rings is 2. The average Bonchev–Trinajstić information content (AvgIpc) is 3.54. The van der Waals surface area contributed by atoms with Gasteiger partial charge in [-0.05, 0) is 48.7 Å². The maximum absolute atomic E-state index is 12.9. The Kier molecular flexibility index (Phi) is 5.26. The van der Waals surface area contributed by atoms with Gasteiger partial charge in [0, 0.05) is 35.3 Å². The third kappa shape index (κ3) is 4.40. The Morgan fingerprint density at radius 3 is 2.64 bits per heavy atom. The SMILES string of the molecule is CS(=O)(=O)c1ccccc1-c1ccnc(C(=O)Nc2cccc(-c3nncn3C3CC3)c2)c1. The fraction of sp³-hybridized carbons (Fsp3) is 0.167. The van der Waals surface area contributed by atoms with Crippen molar-refractivity contribution in [2.24, 2.45) is 0 Å². The number of carbonyl (C=O) groups is 1. The predicted molar refractivity (Wildman–Crippen MR) is 124 cm³/mol. The molecule has 5 rings (SSSR count). The number of nitrogens with one attached hydrogen (secondary N) is 1. The van der Waals surface area contributed by atoms with Crippen LogP contribution in [0.4, 0.5) is 5.69 Å². The van der Waals surface area contributed by atoms with Crippen molar-refractivity contribution >= 4 is 21.4 Å². The number of hydrogen-bond acceptors (Lipinski definition) is 6. The number of amides is 1. The predicted octanol–water partition coefficient (Wildman–Crippen LogP) is 4.00. The van der Waals surface area contributed by atoms with Crippen molar-refractivity contribution in [2.75, 3.05) is 11.6 Å². The van der Waals surface area contributed by atoms with E-state index in [1.807, 2.05) is 18.2 Å². The monoisotopic (exact) mass is 459 g/mol. The Hall–Kier alpha value is -3.85. The van der Waals surface area contributed by atoms with E-state index in [2.05, 4.69) is 25.1 Å². The molecule has 0 aliphatic heterocycles. The van der Waals surface area contributed by atoms with Crippen LogP contribution in [-0.2, 0) is 9.84 Å². The molecule has 0 bridgehead atoms. The van der Waals surface area contributed by atoms with Crippen LogP contribution in [0.2, 0.25) is 0 Å². The summed E-state index contributed by atoms with van der Waals surface area (Å²) >= 11 is 0. The molecule has 0 unspecified atom stereocenters. The Balaban J connectivity index is 1.42. The number of sulfone groups is 1. The van der Waals surface area contributed by atoms with Gasteiger partial charge in [0.05, 0.1) is 4.90 Å². The fourth-order valence-electron chi connectivity index (χ4n) is 3.75. The van der Waals surface area contributed by atoms with Gasteiger partial charge in [-0.25, -0.2) is 8.42 Å². The molecule has 2 aromatic heterocycles. The summed E-state index contributed by atoms with van der Waals surface area (Å²) in [7, 11) is -3.43. The summed E-state index contributed by atoms with van der Waals surface area (Å²) in [6, 6.07) is 17.8. The topological polar surface area (TPSA) is 107 Å². The zero-order valence-corrected chi connectivity index (χ0v) is 18.7. The van der Waals surface area contributed by atoms with Gasteiger partial charge >= 0.3 is 0 Å². The van der Waals surface area contributed by atoms with Gasteiger partial charge < -0.3 is 9.88 Å². The van der Waals surface area contributed by atoms with Gasteiger partial charge in [-0.3, -0.25) is 9.78 Å². The van der Waals surface area contributed by atoms with Gasteiger partial charge in [0.1, 0.15) is 12.0 Å². The molecule has 1 aliphatic carbocycles. The van der Waals surface area contributed by atoms with E-state index >= 15 is 0 Å². The van der Waals surface area contributed by atoms with E-state index in [1.165, 1.54) is 6.20 Å². The standard InChI is InChI=1S/C24H21N5O3S/c1-33(31,32)22-8-3-2-7-20(22)16-11-12-25-21(14-16)24(30)27-18-6-4-5-17(13-18)23-28-26-15-29(23)19-9-10-19/h2-8,11-15,19H,9-10H2,1H3,(H,27,30). The maximum atomic E-state index is 12.9. The first-order chi connectivity index (χ1) is 15.9. The zero-order chi connectivity index (χ0) is 23.0. The summed E-state index contributed by atoms with van der Waals surface area (Å²) in [5.41, 5.74) is 2.77. The van der Waals surface area contributed by atoms with Crippen LogP contribution in [0.15, 0.2) is 78.1 Å². The smallest absolute Gasteiger partial charge is 0.274 e. The van der Waals surface area contributed by atoms with Crippen LogP contribution < -0.4 is 5.32 Å². The van der Waals surface area contributed by atoms with Gasteiger partial charge in [-0.1, -0.05) is 30.3 Å². The number of aromatic nitrogens is 4. The Morgan fingerprint density at radius 2 is 1.85 bits per heavy atom. The summed E-state index contributed by atoms with van der Waals surface area (Å²) < 4.78 is 26.4. The van der Waals surface area contributed by atoms with Gasteiger partial charge in [-0.15, -0.1) is 10.2 Å². The zero-order valence-electron chi connectivity index (χ0n) is 17.8. The van der Waals surface area contributed by atoms with Crippen molar-refractivity contribution in [3.8, 4) is 22.5 Å². The molecule has 1 fully saturated rings. The minimum atomic E-state index is -3.43. The van der Waals surface area contributed by atoms with E-state index in [1.54, 1.807) is 48.8 Å². The molecule has 2 aromatic carbocycles. The molecular formula is C24H21N5O3S. The molecule has 33 heavy (non-hydrogen) atoms. The number of nitrogens with zero attached hydrogens (tertiary/aromatic N) is 4. The van der Waals surface area contributed by atoms with E-state index in [9.17, 15) is 13.2 Å². The molecule has 1 N–H and O–H groups in total. The van der Waals surface area contributed by atoms with Crippen LogP contribution in [0.1, 0.15) is 29.4 Å². The molecule has 0 radical (unpaired) electrons. The Morgan fingerprint density at radius 1 is 1.03 bits per heavy atom. The van der Waals surface area contributed by atoms with E-state index in [-0.39, 0.29) is 10.6 Å². The second-order valence-corrected chi connectivity index (χ2v) is 10.0. The van der Waals surface area contributed by atoms with Crippen LogP contribution in [0.3, 0.4) is 0 Å². The van der Waals surface area contributed by atoms with Gasteiger partial charge in [0.2, 0.25) is 0 Å². The molecule has 8 nitrogen and oxygen atoms in total. The van der Waals surface area contributed by atoms with E-state index in [0.717, 1.165) is 30.5 Å². The molecule has 4 aromatic rings. The highest BCUT2D eigenvalue weighted by molar-refractivity contribution is 7.90. The van der Waals surface area contributed by atoms with Crippen LogP contribution in [0.5, 0.6) is 0 Å². The highest BCUT2D eigenvalue weighted by Gasteiger charge is 2.26. The molecule has 0 saturated heterocycles. The highest BCUT2D eigenvalue weighted by atomic mass is 32.2. The van der Waals surface area contributed by atoms with Crippen molar-refractivity contribution in [3.05, 3.63) is 78.9 Å². The third-order valence-corrected chi connectivity index (χ3v) is 6.64. The van der Waals surface area contributed by atoms with Crippen LogP contribution in [0, 0.1) is 0 Å². The Labute approximate surface area is 191 Å². The highest BCUT2D eigenvalue weighted by Crippen LogP contribution is 2.37. The summed E-state index contributed by atoms with van der Waals surface area (Å²) in [5, 5.41) is 11.1. The summed E-state index contributed by atoms with van der Waals surface area (Å²) in [6.07, 6.45) is 6.63. The van der Waals surface area contributed by atoms with Crippen LogP contribution in [0.25, 0.3) is 22.5 Å². The maximum Gasteiger partial charge on any atom is 0.274 e. The van der Waals surface area contributed by atoms with Crippen molar-refractivity contribution in [3.63, 3.8) is 0 Å². The van der Waals surface area contributed by atoms with E-state index in [4.69, 9.17) is 0 Å². The molecule has 0 atom stereocenters. The fourth-order valence-corrected chi connectivity index (χ4v) is 4.66. The average molecular weight is 460 g/mol. The molecule has 166 valence electrons. The molecule has 1 amide bonds. The normalized spacial score (nSPS) is 13.6. The third-order valence-electron chi connectivity index (χ3n) is 5.48. The lowest BCUT2D eigenvalue weighted by Gasteiger charge is -2.10. The van der Waals surface area contributed by atoms with Crippen molar-refractivity contribution < 1.29 is 13.2 Å². The quantitative estimate of drug-likeness (QED) is 0.467.